The first kappa shape index (κ1) is 13.9. The topological polar surface area (TPSA) is 87.0 Å². The van der Waals surface area contributed by atoms with Gasteiger partial charge in [0.2, 0.25) is 0 Å². The maximum absolute atomic E-state index is 9.00. The number of aliphatic carboxylic acids is 1. The summed E-state index contributed by atoms with van der Waals surface area (Å²) in [7, 11) is 0. The van der Waals surface area contributed by atoms with E-state index < -0.39 is 5.97 Å². The smallest absolute Gasteiger partial charge is 0.300 e. The van der Waals surface area contributed by atoms with Crippen molar-refractivity contribution in [2.45, 2.75) is 20.0 Å². The molecule has 0 amide bonds. The molecule has 0 aromatic rings. The van der Waals surface area contributed by atoms with Crippen molar-refractivity contribution in [1.82, 2.24) is 0 Å². The molecule has 0 heterocycles. The lowest BCUT2D eigenvalue weighted by Gasteiger charge is -2.08. The molecule has 0 saturated heterocycles. The van der Waals surface area contributed by atoms with E-state index in [-0.39, 0.29) is 19.3 Å². The molecule has 0 aliphatic carbocycles. The molecule has 0 saturated carbocycles. The fourth-order valence-corrected chi connectivity index (χ4v) is 0.399. The second-order valence-electron chi connectivity index (χ2n) is 1.96. The maximum atomic E-state index is 9.00. The summed E-state index contributed by atoms with van der Waals surface area (Å²) < 4.78 is 4.84. The Morgan fingerprint density at radius 3 is 1.83 bits per heavy atom. The summed E-state index contributed by atoms with van der Waals surface area (Å²) in [5.41, 5.74) is 0. The minimum atomic E-state index is -0.833. The molecule has 0 fully saturated rings. The van der Waals surface area contributed by atoms with Gasteiger partial charge in [0.1, 0.15) is 6.10 Å². The van der Waals surface area contributed by atoms with Gasteiger partial charge in [-0.2, -0.15) is 0 Å². The van der Waals surface area contributed by atoms with Crippen molar-refractivity contribution in [2.75, 3.05) is 19.8 Å². The van der Waals surface area contributed by atoms with Crippen molar-refractivity contribution >= 4 is 5.97 Å². The van der Waals surface area contributed by atoms with E-state index in [1.807, 2.05) is 6.92 Å². The summed E-state index contributed by atoms with van der Waals surface area (Å²) in [6, 6.07) is 0. The highest BCUT2D eigenvalue weighted by Crippen LogP contribution is 1.86. The number of aliphatic hydroxyl groups excluding tert-OH is 2. The van der Waals surface area contributed by atoms with Gasteiger partial charge in [-0.15, -0.1) is 0 Å². The van der Waals surface area contributed by atoms with Crippen LogP contribution in [0.25, 0.3) is 0 Å². The molecule has 0 aliphatic rings. The number of hydrogen-bond donors (Lipinski definition) is 3. The number of aliphatic hydroxyl groups is 2. The lowest BCUT2D eigenvalue weighted by atomic mass is 10.4. The standard InChI is InChI=1S/C5H12O3.C2H4O2/c1-2-8-5(3-6)4-7;1-2(3)4/h5-7H,2-4H2,1H3;1H3,(H,3,4). The van der Waals surface area contributed by atoms with Gasteiger partial charge in [0.25, 0.3) is 5.97 Å². The Labute approximate surface area is 71.6 Å². The molecule has 0 spiro atoms. The number of rotatable bonds is 4. The number of hydrogen-bond acceptors (Lipinski definition) is 4. The summed E-state index contributed by atoms with van der Waals surface area (Å²) >= 11 is 0. The quantitative estimate of drug-likeness (QED) is 0.541. The van der Waals surface area contributed by atoms with E-state index in [0.29, 0.717) is 6.61 Å². The predicted molar refractivity (Wildman–Crippen MR) is 42.9 cm³/mol. The lowest BCUT2D eigenvalue weighted by Crippen LogP contribution is -2.21. The van der Waals surface area contributed by atoms with Crippen LogP contribution in [0.15, 0.2) is 0 Å². The lowest BCUT2D eigenvalue weighted by molar-refractivity contribution is -0.134. The SMILES string of the molecule is CC(=O)O.CCOC(CO)CO. The van der Waals surface area contributed by atoms with Crippen molar-refractivity contribution in [2.24, 2.45) is 0 Å². The first-order valence-corrected chi connectivity index (χ1v) is 3.61. The average molecular weight is 180 g/mol. The van der Waals surface area contributed by atoms with Crippen molar-refractivity contribution < 1.29 is 24.9 Å². The molecule has 0 rings (SSSR count). The molecule has 0 radical (unpaired) electrons. The number of carboxylic acid groups (broad SMARTS) is 1. The summed E-state index contributed by atoms with van der Waals surface area (Å²) in [5, 5.41) is 24.2. The molecular weight excluding hydrogens is 164 g/mol. The van der Waals surface area contributed by atoms with Gasteiger partial charge < -0.3 is 20.1 Å². The van der Waals surface area contributed by atoms with E-state index in [1.54, 1.807) is 0 Å². The van der Waals surface area contributed by atoms with Crippen LogP contribution in [0.4, 0.5) is 0 Å². The zero-order valence-corrected chi connectivity index (χ0v) is 7.36. The molecule has 12 heavy (non-hydrogen) atoms. The van der Waals surface area contributed by atoms with Crippen LogP contribution >= 0.6 is 0 Å². The van der Waals surface area contributed by atoms with Crippen LogP contribution in [-0.4, -0.2) is 47.2 Å². The van der Waals surface area contributed by atoms with Gasteiger partial charge >= 0.3 is 0 Å². The van der Waals surface area contributed by atoms with Crippen LogP contribution in [0, 0.1) is 0 Å². The molecule has 3 N–H and O–H groups in total. The second kappa shape index (κ2) is 10.3. The fraction of sp³-hybridized carbons (Fsp3) is 0.857. The van der Waals surface area contributed by atoms with E-state index in [1.165, 1.54) is 0 Å². The van der Waals surface area contributed by atoms with E-state index >= 15 is 0 Å². The van der Waals surface area contributed by atoms with Gasteiger partial charge in [-0.1, -0.05) is 0 Å². The molecule has 0 bridgehead atoms. The van der Waals surface area contributed by atoms with Gasteiger partial charge in [-0.25, -0.2) is 0 Å². The van der Waals surface area contributed by atoms with Gasteiger partial charge in [0.15, 0.2) is 0 Å². The van der Waals surface area contributed by atoms with E-state index in [2.05, 4.69) is 0 Å². The Morgan fingerprint density at radius 1 is 1.42 bits per heavy atom. The zero-order valence-electron chi connectivity index (χ0n) is 7.36. The van der Waals surface area contributed by atoms with Gasteiger partial charge in [0, 0.05) is 13.5 Å². The largest absolute Gasteiger partial charge is 0.481 e. The zero-order chi connectivity index (χ0) is 9.98. The van der Waals surface area contributed by atoms with Crippen LogP contribution in [-0.2, 0) is 9.53 Å². The number of ether oxygens (including phenoxy) is 1. The Balaban J connectivity index is 0. The minimum Gasteiger partial charge on any atom is -0.481 e. The Morgan fingerprint density at radius 2 is 1.75 bits per heavy atom. The van der Waals surface area contributed by atoms with Gasteiger partial charge in [0.05, 0.1) is 13.2 Å². The average Bonchev–Trinajstić information content (AvgIpc) is 1.99. The number of carboxylic acids is 1. The summed E-state index contributed by atoms with van der Waals surface area (Å²) in [4.78, 5) is 9.00. The highest BCUT2D eigenvalue weighted by Gasteiger charge is 2.01. The third-order valence-corrected chi connectivity index (χ3v) is 0.810. The van der Waals surface area contributed by atoms with Crippen molar-refractivity contribution in [3.05, 3.63) is 0 Å². The van der Waals surface area contributed by atoms with Crippen molar-refractivity contribution in [3.8, 4) is 0 Å². The molecule has 74 valence electrons. The highest BCUT2D eigenvalue weighted by molar-refractivity contribution is 5.62. The van der Waals surface area contributed by atoms with Gasteiger partial charge in [-0.05, 0) is 6.92 Å². The Hall–Kier alpha value is -0.650. The first-order chi connectivity index (χ1) is 5.58. The third kappa shape index (κ3) is 16.2. The molecule has 5 nitrogen and oxygen atoms in total. The van der Waals surface area contributed by atoms with Crippen LogP contribution in [0.1, 0.15) is 13.8 Å². The summed E-state index contributed by atoms with van der Waals surface area (Å²) in [5.74, 6) is -0.833. The van der Waals surface area contributed by atoms with Crippen LogP contribution in [0.5, 0.6) is 0 Å². The Bertz CT molecular complexity index is 96.0. The normalized spacial score (nSPS) is 9.08. The molecule has 0 atom stereocenters. The monoisotopic (exact) mass is 180 g/mol. The number of carbonyl (C=O) groups is 1. The first-order valence-electron chi connectivity index (χ1n) is 3.61. The predicted octanol–water partition coefficient (Wildman–Crippen LogP) is -0.533. The highest BCUT2D eigenvalue weighted by atomic mass is 16.5. The van der Waals surface area contributed by atoms with Gasteiger partial charge in [-0.3, -0.25) is 4.79 Å². The molecule has 0 aromatic carbocycles. The summed E-state index contributed by atoms with van der Waals surface area (Å²) in [6.45, 7) is 3.22. The molecule has 5 heteroatoms. The third-order valence-electron chi connectivity index (χ3n) is 0.810. The van der Waals surface area contributed by atoms with E-state index in [0.717, 1.165) is 6.92 Å². The Kier molecular flexibility index (Phi) is 12.0. The molecule has 0 aliphatic heterocycles. The van der Waals surface area contributed by atoms with E-state index in [4.69, 9.17) is 24.9 Å². The summed E-state index contributed by atoms with van der Waals surface area (Å²) in [6.07, 6.45) is -0.389. The minimum absolute atomic E-state index is 0.107. The van der Waals surface area contributed by atoms with Crippen molar-refractivity contribution in [1.29, 1.82) is 0 Å². The fourth-order valence-electron chi connectivity index (χ4n) is 0.399. The second-order valence-corrected chi connectivity index (χ2v) is 1.96. The maximum Gasteiger partial charge on any atom is 0.300 e. The molecular formula is C7H16O5. The van der Waals surface area contributed by atoms with Crippen LogP contribution in [0.3, 0.4) is 0 Å². The van der Waals surface area contributed by atoms with E-state index in [9.17, 15) is 0 Å². The molecule has 0 aromatic heterocycles. The van der Waals surface area contributed by atoms with Crippen molar-refractivity contribution in [3.63, 3.8) is 0 Å². The molecule has 0 unspecified atom stereocenters. The van der Waals surface area contributed by atoms with Crippen LogP contribution < -0.4 is 0 Å². The van der Waals surface area contributed by atoms with Crippen LogP contribution in [0.2, 0.25) is 0 Å².